The number of nitrogens with zero attached hydrogens (tertiary/aromatic N) is 2. The molecule has 1 saturated carbocycles. The number of rotatable bonds is 7. The molecule has 2 aliphatic rings. The highest BCUT2D eigenvalue weighted by Crippen LogP contribution is 2.34. The predicted octanol–water partition coefficient (Wildman–Crippen LogP) is 2.20. The highest BCUT2D eigenvalue weighted by Gasteiger charge is 2.56. The third-order valence-corrected chi connectivity index (χ3v) is 7.16. The topological polar surface area (TPSA) is 113 Å². The molecular weight excluding hydrogens is 444 g/mol. The van der Waals surface area contributed by atoms with Crippen LogP contribution in [0.15, 0.2) is 54.6 Å². The van der Waals surface area contributed by atoms with Gasteiger partial charge in [-0.3, -0.25) is 19.2 Å². The number of Topliss-reactive ketones (excluding diaryl/α,β-unsaturated/α-hetero) is 1. The average Bonchev–Trinajstić information content (AvgIpc) is 3.37. The maximum atomic E-state index is 14.0. The number of nitrogens with two attached hydrogens (primary N) is 1. The molecule has 1 fully saturated rings. The molecule has 8 heteroatoms. The molecule has 1 aliphatic heterocycles. The first kappa shape index (κ1) is 24.6. The molecule has 1 atom stereocenters. The van der Waals surface area contributed by atoms with Crippen molar-refractivity contribution in [1.82, 2.24) is 5.32 Å². The van der Waals surface area contributed by atoms with Crippen LogP contribution in [0.4, 0.5) is 11.4 Å². The van der Waals surface area contributed by atoms with Crippen LogP contribution in [-0.4, -0.2) is 49.2 Å². The van der Waals surface area contributed by atoms with Crippen molar-refractivity contribution < 1.29 is 19.2 Å². The highest BCUT2D eigenvalue weighted by atomic mass is 16.2. The number of amides is 3. The number of hydrogen-bond donors (Lipinski definition) is 2. The number of ketones is 1. The lowest BCUT2D eigenvalue weighted by Crippen LogP contribution is -2.71. The summed E-state index contributed by atoms with van der Waals surface area (Å²) in [6, 6.07) is 14.9. The Morgan fingerprint density at radius 3 is 2.00 bits per heavy atom. The van der Waals surface area contributed by atoms with E-state index in [1.165, 1.54) is 23.9 Å². The van der Waals surface area contributed by atoms with Gasteiger partial charge in [-0.25, -0.2) is 0 Å². The van der Waals surface area contributed by atoms with E-state index in [0.717, 1.165) is 31.2 Å². The Bertz CT molecular complexity index is 1090. The summed E-state index contributed by atoms with van der Waals surface area (Å²) in [6.45, 7) is 0. The van der Waals surface area contributed by atoms with Crippen molar-refractivity contribution in [2.24, 2.45) is 11.7 Å². The van der Waals surface area contributed by atoms with E-state index in [-0.39, 0.29) is 18.2 Å². The van der Waals surface area contributed by atoms with Gasteiger partial charge in [-0.15, -0.1) is 0 Å². The molecule has 4 rings (SSSR count). The second-order valence-electron chi connectivity index (χ2n) is 9.55. The minimum Gasteiger partial charge on any atom is -0.346 e. The van der Waals surface area contributed by atoms with Crippen LogP contribution in [0.5, 0.6) is 0 Å². The lowest BCUT2D eigenvalue weighted by atomic mass is 9.85. The molecule has 2 aromatic carbocycles. The van der Waals surface area contributed by atoms with Gasteiger partial charge >= 0.3 is 0 Å². The van der Waals surface area contributed by atoms with Gasteiger partial charge in [0.1, 0.15) is 0 Å². The molecule has 0 unspecified atom stereocenters. The number of nitrogens with one attached hydrogen (secondary N) is 1. The average molecular weight is 477 g/mol. The Kier molecular flexibility index (Phi) is 7.03. The summed E-state index contributed by atoms with van der Waals surface area (Å²) in [5, 5.41) is 2.82. The molecule has 35 heavy (non-hydrogen) atoms. The second-order valence-corrected chi connectivity index (χ2v) is 9.55. The van der Waals surface area contributed by atoms with Gasteiger partial charge in [0, 0.05) is 20.5 Å². The van der Waals surface area contributed by atoms with Crippen LogP contribution >= 0.6 is 0 Å². The minimum absolute atomic E-state index is 0.121. The van der Waals surface area contributed by atoms with Crippen LogP contribution in [0, 0.1) is 5.92 Å². The number of para-hydroxylation sites is 2. The summed E-state index contributed by atoms with van der Waals surface area (Å²) in [5.74, 6) is -2.46. The molecule has 0 radical (unpaired) electrons. The third-order valence-electron chi connectivity index (χ3n) is 7.16. The van der Waals surface area contributed by atoms with Crippen LogP contribution in [0.25, 0.3) is 0 Å². The second kappa shape index (κ2) is 10.00. The number of fused-ring (bicyclic) bond motifs is 1. The van der Waals surface area contributed by atoms with E-state index < -0.39 is 29.2 Å². The van der Waals surface area contributed by atoms with Crippen molar-refractivity contribution in [1.29, 1.82) is 0 Å². The predicted molar refractivity (Wildman–Crippen MR) is 134 cm³/mol. The molecule has 0 aromatic heterocycles. The molecular formula is C27H32N4O4. The fraction of sp³-hybridized carbons (Fsp3) is 0.407. The zero-order valence-electron chi connectivity index (χ0n) is 20.2. The van der Waals surface area contributed by atoms with Crippen LogP contribution < -0.4 is 20.9 Å². The molecule has 184 valence electrons. The Hall–Kier alpha value is -3.52. The lowest BCUT2D eigenvalue weighted by Gasteiger charge is -2.32. The van der Waals surface area contributed by atoms with E-state index in [1.807, 2.05) is 30.3 Å². The van der Waals surface area contributed by atoms with E-state index in [0.29, 0.717) is 17.8 Å². The van der Waals surface area contributed by atoms with Gasteiger partial charge in [-0.05, 0) is 42.9 Å². The number of hydrogen-bond acceptors (Lipinski definition) is 5. The Morgan fingerprint density at radius 1 is 0.943 bits per heavy atom. The Morgan fingerprint density at radius 2 is 1.46 bits per heavy atom. The minimum atomic E-state index is -2.48. The Labute approximate surface area is 205 Å². The summed E-state index contributed by atoms with van der Waals surface area (Å²) in [7, 11) is 2.99. The summed E-state index contributed by atoms with van der Waals surface area (Å²) in [6.07, 6.45) is 4.59. The van der Waals surface area contributed by atoms with Gasteiger partial charge in [-0.2, -0.15) is 0 Å². The van der Waals surface area contributed by atoms with Gasteiger partial charge in [-0.1, -0.05) is 55.3 Å². The largest absolute Gasteiger partial charge is 0.346 e. The first-order valence-corrected chi connectivity index (χ1v) is 12.0. The van der Waals surface area contributed by atoms with Crippen molar-refractivity contribution in [2.75, 3.05) is 23.9 Å². The molecule has 0 saturated heterocycles. The first-order chi connectivity index (χ1) is 16.7. The monoisotopic (exact) mass is 476 g/mol. The van der Waals surface area contributed by atoms with Crippen LogP contribution in [-0.2, 0) is 25.6 Å². The normalized spacial score (nSPS) is 18.7. The summed E-state index contributed by atoms with van der Waals surface area (Å²) >= 11 is 0. The molecule has 1 heterocycles. The number of carbonyl (C=O) groups is 4. The summed E-state index contributed by atoms with van der Waals surface area (Å²) < 4.78 is 0. The van der Waals surface area contributed by atoms with Crippen molar-refractivity contribution >= 4 is 34.9 Å². The third kappa shape index (κ3) is 4.71. The quantitative estimate of drug-likeness (QED) is 0.595. The van der Waals surface area contributed by atoms with Crippen LogP contribution in [0.2, 0.25) is 0 Å². The van der Waals surface area contributed by atoms with Gasteiger partial charge in [0.15, 0.2) is 5.78 Å². The SMILES string of the molecule is CN1C(=O)C(N)(C(=O)[C@H](Cc2ccccc2)NC(=O)CC2CCCC2)C(=O)N(C)c2ccccc21. The molecule has 8 nitrogen and oxygen atoms in total. The number of carbonyl (C=O) groups excluding carboxylic acids is 4. The maximum Gasteiger partial charge on any atom is 0.264 e. The Balaban J connectivity index is 1.67. The smallest absolute Gasteiger partial charge is 0.264 e. The van der Waals surface area contributed by atoms with Gasteiger partial charge in [0.2, 0.25) is 11.4 Å². The molecule has 2 aromatic rings. The van der Waals surface area contributed by atoms with Gasteiger partial charge in [0.25, 0.3) is 11.8 Å². The van der Waals surface area contributed by atoms with Crippen molar-refractivity contribution in [3.05, 3.63) is 60.2 Å². The van der Waals surface area contributed by atoms with Crippen molar-refractivity contribution in [2.45, 2.75) is 50.1 Å². The summed E-state index contributed by atoms with van der Waals surface area (Å²) in [5.41, 5.74) is 5.70. The number of likely N-dealkylation sites (N-methyl/N-ethyl adjacent to an activating group) is 2. The van der Waals surface area contributed by atoms with Crippen molar-refractivity contribution in [3.8, 4) is 0 Å². The zero-order valence-corrected chi connectivity index (χ0v) is 20.2. The van der Waals surface area contributed by atoms with E-state index in [9.17, 15) is 19.2 Å². The fourth-order valence-corrected chi connectivity index (χ4v) is 5.15. The van der Waals surface area contributed by atoms with E-state index in [4.69, 9.17) is 5.73 Å². The zero-order chi connectivity index (χ0) is 25.2. The van der Waals surface area contributed by atoms with E-state index >= 15 is 0 Å². The van der Waals surface area contributed by atoms with Crippen LogP contribution in [0.1, 0.15) is 37.7 Å². The number of anilines is 2. The lowest BCUT2D eigenvalue weighted by molar-refractivity contribution is -0.143. The fourth-order valence-electron chi connectivity index (χ4n) is 5.15. The molecule has 0 bridgehead atoms. The standard InChI is InChI=1S/C27H32N4O4/c1-30-21-14-8-9-15-22(21)31(2)26(35)27(28,25(30)34)24(33)20(16-18-10-4-3-5-11-18)29-23(32)17-19-12-6-7-13-19/h3-5,8-11,14-15,19-20H,6-7,12-13,16-17,28H2,1-2H3,(H,29,32)/t20-/m0/s1. The van der Waals surface area contributed by atoms with E-state index in [2.05, 4.69) is 5.32 Å². The number of benzene rings is 2. The van der Waals surface area contributed by atoms with Gasteiger partial charge in [0.05, 0.1) is 17.4 Å². The van der Waals surface area contributed by atoms with E-state index in [1.54, 1.807) is 24.3 Å². The van der Waals surface area contributed by atoms with Crippen molar-refractivity contribution in [3.63, 3.8) is 0 Å². The summed E-state index contributed by atoms with van der Waals surface area (Å²) in [4.78, 5) is 56.5. The highest BCUT2D eigenvalue weighted by molar-refractivity contribution is 6.37. The first-order valence-electron chi connectivity index (χ1n) is 12.0. The van der Waals surface area contributed by atoms with Crippen LogP contribution in [0.3, 0.4) is 0 Å². The molecule has 3 N–H and O–H groups in total. The molecule has 3 amide bonds. The van der Waals surface area contributed by atoms with Gasteiger partial charge < -0.3 is 20.9 Å². The molecule has 0 spiro atoms. The maximum absolute atomic E-state index is 14.0. The molecule has 1 aliphatic carbocycles.